The topological polar surface area (TPSA) is 75.9 Å². The highest BCUT2D eigenvalue weighted by atomic mass is 32.2. The van der Waals surface area contributed by atoms with E-state index in [0.717, 1.165) is 5.56 Å². The Hall–Kier alpha value is -2.49. The maximum Gasteiger partial charge on any atom is 0.267 e. The Balaban J connectivity index is 2.05. The molecule has 0 saturated carbocycles. The number of aromatic nitrogens is 2. The average molecular weight is 431 g/mol. The second-order valence-electron chi connectivity index (χ2n) is 6.41. The van der Waals surface area contributed by atoms with Gasteiger partial charge in [-0.3, -0.25) is 18.9 Å². The molecule has 3 rings (SSSR count). The quantitative estimate of drug-likeness (QED) is 0.299. The summed E-state index contributed by atoms with van der Waals surface area (Å²) in [6.07, 6.45) is 5.61. The van der Waals surface area contributed by atoms with Crippen LogP contribution in [0.4, 0.5) is 5.82 Å². The zero-order valence-corrected chi connectivity index (χ0v) is 17.9. The minimum Gasteiger partial charge on any atom is -0.385 e. The van der Waals surface area contributed by atoms with Crippen LogP contribution in [-0.4, -0.2) is 51.3 Å². The fourth-order valence-corrected chi connectivity index (χ4v) is 4.23. The molecule has 1 N–H and O–H groups in total. The first-order valence-corrected chi connectivity index (χ1v) is 10.3. The number of fused-ring (bicyclic) bond motifs is 1. The minimum absolute atomic E-state index is 0.209. The number of thiocarbonyl (C=S) groups is 1. The fourth-order valence-electron chi connectivity index (χ4n) is 2.94. The highest BCUT2D eigenvalue weighted by Gasteiger charge is 2.32. The van der Waals surface area contributed by atoms with Crippen LogP contribution in [0.25, 0.3) is 11.7 Å². The first-order chi connectivity index (χ1) is 14.0. The number of anilines is 1. The molecule has 0 aromatic carbocycles. The smallest absolute Gasteiger partial charge is 0.267 e. The number of pyridine rings is 1. The van der Waals surface area contributed by atoms with Crippen LogP contribution in [0.1, 0.15) is 17.5 Å². The van der Waals surface area contributed by atoms with E-state index in [1.807, 2.05) is 13.0 Å². The van der Waals surface area contributed by atoms with Gasteiger partial charge < -0.3 is 10.1 Å². The Morgan fingerprint density at radius 1 is 1.41 bits per heavy atom. The molecule has 0 bridgehead atoms. The van der Waals surface area contributed by atoms with Gasteiger partial charge in [0.2, 0.25) is 0 Å². The molecule has 1 aliphatic rings. The van der Waals surface area contributed by atoms with Crippen molar-refractivity contribution in [2.24, 2.45) is 0 Å². The normalized spacial score (nSPS) is 15.5. The van der Waals surface area contributed by atoms with Crippen molar-refractivity contribution in [3.8, 4) is 0 Å². The van der Waals surface area contributed by atoms with Crippen LogP contribution in [-0.2, 0) is 9.53 Å². The SMILES string of the molecule is C=CCNc1nc2c(C)cccn2c(=O)c1/C=C1/SC(=S)N(CCCOC)C1=O. The predicted octanol–water partition coefficient (Wildman–Crippen LogP) is 2.84. The maximum absolute atomic E-state index is 13.2. The lowest BCUT2D eigenvalue weighted by Crippen LogP contribution is -2.29. The molecule has 1 aliphatic heterocycles. The van der Waals surface area contributed by atoms with Crippen LogP contribution >= 0.6 is 24.0 Å². The van der Waals surface area contributed by atoms with Crippen molar-refractivity contribution < 1.29 is 9.53 Å². The number of methoxy groups -OCH3 is 1. The summed E-state index contributed by atoms with van der Waals surface area (Å²) < 4.78 is 7.00. The molecular weight excluding hydrogens is 408 g/mol. The Kier molecular flexibility index (Phi) is 6.83. The summed E-state index contributed by atoms with van der Waals surface area (Å²) in [6.45, 7) is 7.05. The number of carbonyl (C=O) groups is 1. The summed E-state index contributed by atoms with van der Waals surface area (Å²) in [7, 11) is 1.61. The van der Waals surface area contributed by atoms with Gasteiger partial charge in [0.05, 0.1) is 10.5 Å². The number of thioether (sulfide) groups is 1. The van der Waals surface area contributed by atoms with E-state index in [4.69, 9.17) is 17.0 Å². The first-order valence-electron chi connectivity index (χ1n) is 9.09. The molecule has 0 atom stereocenters. The van der Waals surface area contributed by atoms with Crippen molar-refractivity contribution in [1.82, 2.24) is 14.3 Å². The largest absolute Gasteiger partial charge is 0.385 e. The second-order valence-corrected chi connectivity index (χ2v) is 8.09. The summed E-state index contributed by atoms with van der Waals surface area (Å²) in [4.78, 5) is 32.5. The van der Waals surface area contributed by atoms with E-state index in [9.17, 15) is 9.59 Å². The van der Waals surface area contributed by atoms with E-state index in [1.165, 1.54) is 21.1 Å². The lowest BCUT2D eigenvalue weighted by Gasteiger charge is -2.13. The molecule has 0 radical (unpaired) electrons. The molecule has 3 heterocycles. The minimum atomic E-state index is -0.255. The van der Waals surface area contributed by atoms with Crippen LogP contribution < -0.4 is 10.9 Å². The Labute approximate surface area is 178 Å². The number of hydrogen-bond acceptors (Lipinski definition) is 7. The summed E-state index contributed by atoms with van der Waals surface area (Å²) in [5, 5.41) is 3.11. The monoisotopic (exact) mass is 430 g/mol. The Morgan fingerprint density at radius 3 is 2.93 bits per heavy atom. The fraction of sp³-hybridized carbons (Fsp3) is 0.300. The van der Waals surface area contributed by atoms with Crippen molar-refractivity contribution in [2.45, 2.75) is 13.3 Å². The lowest BCUT2D eigenvalue weighted by atomic mass is 10.2. The van der Waals surface area contributed by atoms with E-state index in [2.05, 4.69) is 16.9 Å². The van der Waals surface area contributed by atoms with E-state index < -0.39 is 0 Å². The van der Waals surface area contributed by atoms with Gasteiger partial charge in [0, 0.05) is 33.0 Å². The summed E-state index contributed by atoms with van der Waals surface area (Å²) >= 11 is 6.54. The van der Waals surface area contributed by atoms with Gasteiger partial charge in [-0.05, 0) is 31.1 Å². The first kappa shape index (κ1) is 21.2. The van der Waals surface area contributed by atoms with Gasteiger partial charge in [-0.2, -0.15) is 0 Å². The van der Waals surface area contributed by atoms with E-state index in [1.54, 1.807) is 31.5 Å². The molecule has 1 amide bonds. The third kappa shape index (κ3) is 4.42. The molecule has 0 spiro atoms. The van der Waals surface area contributed by atoms with Crippen molar-refractivity contribution in [3.63, 3.8) is 0 Å². The lowest BCUT2D eigenvalue weighted by molar-refractivity contribution is -0.122. The maximum atomic E-state index is 13.2. The number of nitrogens with one attached hydrogen (secondary N) is 1. The molecule has 9 heteroatoms. The molecule has 0 aliphatic carbocycles. The summed E-state index contributed by atoms with van der Waals surface area (Å²) in [5.41, 5.74) is 1.50. The van der Waals surface area contributed by atoms with Gasteiger partial charge in [0.1, 0.15) is 15.8 Å². The van der Waals surface area contributed by atoms with Gasteiger partial charge in [-0.1, -0.05) is 36.1 Å². The molecule has 2 aromatic rings. The zero-order valence-electron chi connectivity index (χ0n) is 16.3. The summed E-state index contributed by atoms with van der Waals surface area (Å²) in [5.74, 6) is 0.202. The molecule has 29 heavy (non-hydrogen) atoms. The number of rotatable bonds is 8. The molecule has 152 valence electrons. The molecule has 2 aromatic heterocycles. The Morgan fingerprint density at radius 2 is 2.21 bits per heavy atom. The van der Waals surface area contributed by atoms with Gasteiger partial charge in [-0.15, -0.1) is 6.58 Å². The van der Waals surface area contributed by atoms with Crippen LogP contribution in [0.15, 0.2) is 40.7 Å². The van der Waals surface area contributed by atoms with E-state index in [-0.39, 0.29) is 11.5 Å². The van der Waals surface area contributed by atoms with Crippen molar-refractivity contribution >= 4 is 51.7 Å². The molecular formula is C20H22N4O3S2. The van der Waals surface area contributed by atoms with Crippen LogP contribution in [0, 0.1) is 6.92 Å². The number of hydrogen-bond donors (Lipinski definition) is 1. The Bertz CT molecular complexity index is 1060. The standard InChI is InChI=1S/C20H22N4O3S2/c1-4-8-21-16-14(18(25)23-9-5-7-13(2)17(23)22-16)12-15-19(26)24(20(28)29-15)10-6-11-27-3/h4-5,7,9,12,21H,1,6,8,10-11H2,2-3H3/b15-12+. The van der Waals surface area contributed by atoms with Crippen LogP contribution in [0.5, 0.6) is 0 Å². The van der Waals surface area contributed by atoms with E-state index in [0.29, 0.717) is 52.4 Å². The number of ether oxygens (including phenoxy) is 1. The number of amides is 1. The summed E-state index contributed by atoms with van der Waals surface area (Å²) in [6, 6.07) is 3.69. The average Bonchev–Trinajstić information content (AvgIpc) is 2.97. The third-order valence-electron chi connectivity index (χ3n) is 4.38. The van der Waals surface area contributed by atoms with Crippen LogP contribution in [0.3, 0.4) is 0 Å². The van der Waals surface area contributed by atoms with E-state index >= 15 is 0 Å². The van der Waals surface area contributed by atoms with Gasteiger partial charge in [0.25, 0.3) is 11.5 Å². The highest BCUT2D eigenvalue weighted by Crippen LogP contribution is 2.33. The molecule has 1 saturated heterocycles. The van der Waals surface area contributed by atoms with Crippen molar-refractivity contribution in [2.75, 3.05) is 32.1 Å². The van der Waals surface area contributed by atoms with Gasteiger partial charge in [0.15, 0.2) is 0 Å². The number of aryl methyl sites for hydroxylation is 1. The zero-order chi connectivity index (χ0) is 21.0. The highest BCUT2D eigenvalue weighted by molar-refractivity contribution is 8.26. The predicted molar refractivity (Wildman–Crippen MR) is 121 cm³/mol. The second kappa shape index (κ2) is 9.34. The third-order valence-corrected chi connectivity index (χ3v) is 5.76. The van der Waals surface area contributed by atoms with Gasteiger partial charge >= 0.3 is 0 Å². The van der Waals surface area contributed by atoms with Gasteiger partial charge in [-0.25, -0.2) is 4.98 Å². The molecule has 1 fully saturated rings. The molecule has 0 unspecified atom stereocenters. The molecule has 7 nitrogen and oxygen atoms in total. The number of nitrogens with zero attached hydrogens (tertiary/aromatic N) is 3. The van der Waals surface area contributed by atoms with Crippen molar-refractivity contribution in [3.05, 3.63) is 57.4 Å². The number of carbonyl (C=O) groups excluding carboxylic acids is 1. The van der Waals surface area contributed by atoms with Crippen LogP contribution in [0.2, 0.25) is 0 Å². The van der Waals surface area contributed by atoms with Crippen molar-refractivity contribution in [1.29, 1.82) is 0 Å².